The highest BCUT2D eigenvalue weighted by atomic mass is 32.2. The van der Waals surface area contributed by atoms with Crippen molar-refractivity contribution < 1.29 is 9.21 Å². The first-order valence-electron chi connectivity index (χ1n) is 8.30. The van der Waals surface area contributed by atoms with Gasteiger partial charge < -0.3 is 13.9 Å². The molecular formula is C17H24N4O2S. The summed E-state index contributed by atoms with van der Waals surface area (Å²) in [6.45, 7) is 8.06. The molecule has 2 aromatic rings. The monoisotopic (exact) mass is 348 g/mol. The van der Waals surface area contributed by atoms with E-state index in [2.05, 4.69) is 24.0 Å². The smallest absolute Gasteiger partial charge is 0.233 e. The van der Waals surface area contributed by atoms with Crippen molar-refractivity contribution in [1.82, 2.24) is 19.7 Å². The molecule has 2 aromatic heterocycles. The van der Waals surface area contributed by atoms with Crippen LogP contribution in [0.3, 0.4) is 0 Å². The Balaban J connectivity index is 1.64. The number of aryl methyl sites for hydroxylation is 1. The van der Waals surface area contributed by atoms with Gasteiger partial charge in [0.05, 0.1) is 17.6 Å². The third-order valence-corrected chi connectivity index (χ3v) is 5.49. The zero-order valence-electron chi connectivity index (χ0n) is 14.7. The van der Waals surface area contributed by atoms with E-state index in [0.29, 0.717) is 17.6 Å². The van der Waals surface area contributed by atoms with Gasteiger partial charge in [-0.05, 0) is 31.2 Å². The van der Waals surface area contributed by atoms with Crippen molar-refractivity contribution in [2.45, 2.75) is 32.3 Å². The molecule has 0 radical (unpaired) electrons. The van der Waals surface area contributed by atoms with Gasteiger partial charge in [0.15, 0.2) is 11.0 Å². The molecule has 2 atom stereocenters. The largest absolute Gasteiger partial charge is 0.469 e. The van der Waals surface area contributed by atoms with E-state index in [-0.39, 0.29) is 5.91 Å². The zero-order valence-corrected chi connectivity index (χ0v) is 15.5. The highest BCUT2D eigenvalue weighted by Crippen LogP contribution is 2.27. The number of carbonyl (C=O) groups is 1. The van der Waals surface area contributed by atoms with E-state index in [1.165, 1.54) is 18.2 Å². The summed E-state index contributed by atoms with van der Waals surface area (Å²) in [5, 5.41) is 9.21. The Morgan fingerprint density at radius 1 is 1.33 bits per heavy atom. The maximum absolute atomic E-state index is 12.5. The standard InChI is InChI=1S/C17H24N4O2S/c1-11-7-12(2)9-21(8-11)15(22)10-24-17-19-18-16(20(17)4)14-5-6-23-13(14)3/h5-6,11-12H,7-10H2,1-4H3/t11-,12-/m1/s1. The van der Waals surface area contributed by atoms with E-state index in [0.717, 1.165) is 35.4 Å². The number of rotatable bonds is 4. The van der Waals surface area contributed by atoms with Crippen LogP contribution in [0.2, 0.25) is 0 Å². The highest BCUT2D eigenvalue weighted by molar-refractivity contribution is 7.99. The quantitative estimate of drug-likeness (QED) is 0.795. The summed E-state index contributed by atoms with van der Waals surface area (Å²) in [5.74, 6) is 3.31. The summed E-state index contributed by atoms with van der Waals surface area (Å²) in [6, 6.07) is 1.88. The Kier molecular flexibility index (Phi) is 4.99. The van der Waals surface area contributed by atoms with Crippen LogP contribution < -0.4 is 0 Å². The predicted octanol–water partition coefficient (Wildman–Crippen LogP) is 2.98. The average molecular weight is 348 g/mol. The Hall–Kier alpha value is -1.76. The molecule has 7 heteroatoms. The Morgan fingerprint density at radius 3 is 2.67 bits per heavy atom. The number of aromatic nitrogens is 3. The average Bonchev–Trinajstić information content (AvgIpc) is 3.09. The zero-order chi connectivity index (χ0) is 17.3. The Bertz CT molecular complexity index is 714. The third kappa shape index (κ3) is 3.50. The van der Waals surface area contributed by atoms with Gasteiger partial charge in [0, 0.05) is 20.1 Å². The van der Waals surface area contributed by atoms with E-state index in [1.54, 1.807) is 6.26 Å². The van der Waals surface area contributed by atoms with Gasteiger partial charge in [-0.2, -0.15) is 0 Å². The molecular weight excluding hydrogens is 324 g/mol. The van der Waals surface area contributed by atoms with Gasteiger partial charge in [0.25, 0.3) is 0 Å². The van der Waals surface area contributed by atoms with Crippen molar-refractivity contribution in [1.29, 1.82) is 0 Å². The number of thioether (sulfide) groups is 1. The minimum absolute atomic E-state index is 0.183. The van der Waals surface area contributed by atoms with Crippen LogP contribution in [0, 0.1) is 18.8 Å². The van der Waals surface area contributed by atoms with Crippen molar-refractivity contribution in [3.8, 4) is 11.4 Å². The summed E-state index contributed by atoms with van der Waals surface area (Å²) < 4.78 is 7.25. The molecule has 0 bridgehead atoms. The molecule has 130 valence electrons. The third-order valence-electron chi connectivity index (χ3n) is 4.48. The SMILES string of the molecule is Cc1occc1-c1nnc(SCC(=O)N2C[C@H](C)C[C@@H](C)C2)n1C. The molecule has 1 fully saturated rings. The van der Waals surface area contributed by atoms with Crippen LogP contribution >= 0.6 is 11.8 Å². The fourth-order valence-electron chi connectivity index (χ4n) is 3.38. The second kappa shape index (κ2) is 7.01. The molecule has 1 aliphatic rings. The van der Waals surface area contributed by atoms with Gasteiger partial charge in [-0.25, -0.2) is 0 Å². The summed E-state index contributed by atoms with van der Waals surface area (Å²) in [6.07, 6.45) is 2.85. The van der Waals surface area contributed by atoms with Crippen LogP contribution in [-0.4, -0.2) is 44.4 Å². The van der Waals surface area contributed by atoms with E-state index < -0.39 is 0 Å². The lowest BCUT2D eigenvalue weighted by molar-refractivity contribution is -0.130. The van der Waals surface area contributed by atoms with Gasteiger partial charge >= 0.3 is 0 Å². The molecule has 3 rings (SSSR count). The van der Waals surface area contributed by atoms with E-state index >= 15 is 0 Å². The molecule has 6 nitrogen and oxygen atoms in total. The lowest BCUT2D eigenvalue weighted by atomic mass is 9.92. The molecule has 1 amide bonds. The van der Waals surface area contributed by atoms with E-state index in [9.17, 15) is 4.79 Å². The van der Waals surface area contributed by atoms with Crippen LogP contribution in [0.5, 0.6) is 0 Å². The lowest BCUT2D eigenvalue weighted by Gasteiger charge is -2.34. The number of carbonyl (C=O) groups excluding carboxylic acids is 1. The maximum Gasteiger partial charge on any atom is 0.233 e. The second-order valence-corrected chi connectivity index (χ2v) is 7.73. The molecule has 3 heterocycles. The van der Waals surface area contributed by atoms with Crippen LogP contribution in [0.15, 0.2) is 21.9 Å². The molecule has 0 unspecified atom stereocenters. The number of hydrogen-bond donors (Lipinski definition) is 0. The predicted molar refractivity (Wildman–Crippen MR) is 93.7 cm³/mol. The number of likely N-dealkylation sites (tertiary alicyclic amines) is 1. The molecule has 0 aliphatic carbocycles. The van der Waals surface area contributed by atoms with Crippen molar-refractivity contribution in [3.63, 3.8) is 0 Å². The normalized spacial score (nSPS) is 21.2. The summed E-state index contributed by atoms with van der Waals surface area (Å²) in [7, 11) is 1.92. The van der Waals surface area contributed by atoms with E-state index in [1.807, 2.05) is 29.5 Å². The van der Waals surface area contributed by atoms with Crippen molar-refractivity contribution in [2.75, 3.05) is 18.8 Å². The topological polar surface area (TPSA) is 64.2 Å². The van der Waals surface area contributed by atoms with Crippen LogP contribution in [0.1, 0.15) is 26.0 Å². The number of furan rings is 1. The lowest BCUT2D eigenvalue weighted by Crippen LogP contribution is -2.43. The van der Waals surface area contributed by atoms with Crippen LogP contribution in [-0.2, 0) is 11.8 Å². The molecule has 1 aliphatic heterocycles. The maximum atomic E-state index is 12.5. The van der Waals surface area contributed by atoms with Crippen molar-refractivity contribution in [2.24, 2.45) is 18.9 Å². The van der Waals surface area contributed by atoms with Gasteiger partial charge in [0.1, 0.15) is 5.76 Å². The first-order chi connectivity index (χ1) is 11.5. The first-order valence-corrected chi connectivity index (χ1v) is 9.28. The Morgan fingerprint density at radius 2 is 2.04 bits per heavy atom. The minimum atomic E-state index is 0.183. The fourth-order valence-corrected chi connectivity index (χ4v) is 4.19. The van der Waals surface area contributed by atoms with Gasteiger partial charge in [-0.15, -0.1) is 10.2 Å². The Labute approximate surface area is 146 Å². The second-order valence-electron chi connectivity index (χ2n) is 6.79. The van der Waals surface area contributed by atoms with Crippen LogP contribution in [0.25, 0.3) is 11.4 Å². The number of piperidine rings is 1. The minimum Gasteiger partial charge on any atom is -0.469 e. The molecule has 0 spiro atoms. The van der Waals surface area contributed by atoms with Crippen LogP contribution in [0.4, 0.5) is 0 Å². The molecule has 1 saturated heterocycles. The molecule has 24 heavy (non-hydrogen) atoms. The van der Waals surface area contributed by atoms with Gasteiger partial charge in [-0.3, -0.25) is 4.79 Å². The molecule has 0 aromatic carbocycles. The molecule has 0 N–H and O–H groups in total. The highest BCUT2D eigenvalue weighted by Gasteiger charge is 2.25. The van der Waals surface area contributed by atoms with Gasteiger partial charge in [-0.1, -0.05) is 25.6 Å². The van der Waals surface area contributed by atoms with E-state index in [4.69, 9.17) is 4.42 Å². The van der Waals surface area contributed by atoms with Crippen molar-refractivity contribution in [3.05, 3.63) is 18.1 Å². The summed E-state index contributed by atoms with van der Waals surface area (Å²) >= 11 is 1.44. The number of nitrogens with zero attached hydrogens (tertiary/aromatic N) is 4. The number of hydrogen-bond acceptors (Lipinski definition) is 5. The van der Waals surface area contributed by atoms with Crippen molar-refractivity contribution >= 4 is 17.7 Å². The summed E-state index contributed by atoms with van der Waals surface area (Å²) in [4.78, 5) is 14.5. The fraction of sp³-hybridized carbons (Fsp3) is 0.588. The first kappa shape index (κ1) is 17.1. The number of amides is 1. The summed E-state index contributed by atoms with van der Waals surface area (Å²) in [5.41, 5.74) is 0.932. The molecule has 0 saturated carbocycles. The van der Waals surface area contributed by atoms with Gasteiger partial charge in [0.2, 0.25) is 5.91 Å².